The average molecular weight is 313 g/mol. The molecule has 0 bridgehead atoms. The van der Waals surface area contributed by atoms with Gasteiger partial charge in [-0.3, -0.25) is 4.79 Å². The monoisotopic (exact) mass is 312 g/mol. The van der Waals surface area contributed by atoms with Gasteiger partial charge in [0.05, 0.1) is 6.10 Å². The van der Waals surface area contributed by atoms with E-state index in [-0.39, 0.29) is 24.4 Å². The predicted molar refractivity (Wildman–Crippen MR) is 86.7 cm³/mol. The number of ether oxygens (including phenoxy) is 1. The summed E-state index contributed by atoms with van der Waals surface area (Å²) in [5.41, 5.74) is 6.64. The molecular weight excluding hydrogens is 288 g/mol. The van der Waals surface area contributed by atoms with Crippen LogP contribution in [-0.2, 0) is 11.3 Å². The lowest BCUT2D eigenvalue weighted by Crippen LogP contribution is -2.29. The van der Waals surface area contributed by atoms with Crippen LogP contribution in [-0.4, -0.2) is 18.1 Å². The highest BCUT2D eigenvalue weighted by molar-refractivity contribution is 5.85. The summed E-state index contributed by atoms with van der Waals surface area (Å²) in [4.78, 5) is 11.7. The Morgan fingerprint density at radius 3 is 2.71 bits per heavy atom. The van der Waals surface area contributed by atoms with Gasteiger partial charge in [0.25, 0.3) is 0 Å². The molecule has 5 heteroatoms. The van der Waals surface area contributed by atoms with Crippen LogP contribution in [0.15, 0.2) is 24.3 Å². The second-order valence-electron chi connectivity index (χ2n) is 5.59. The summed E-state index contributed by atoms with van der Waals surface area (Å²) in [7, 11) is 0. The van der Waals surface area contributed by atoms with Crippen LogP contribution in [0.25, 0.3) is 0 Å². The molecule has 4 nitrogen and oxygen atoms in total. The van der Waals surface area contributed by atoms with Crippen molar-refractivity contribution in [2.45, 2.75) is 57.7 Å². The van der Waals surface area contributed by atoms with Gasteiger partial charge in [-0.05, 0) is 38.7 Å². The SMILES string of the molecule is CC(N)CC(=O)NCc1ccccc1OC1CCCC1.Cl. The molecule has 0 saturated heterocycles. The van der Waals surface area contributed by atoms with E-state index in [0.29, 0.717) is 19.1 Å². The van der Waals surface area contributed by atoms with Crippen molar-refractivity contribution >= 4 is 18.3 Å². The smallest absolute Gasteiger partial charge is 0.221 e. The first-order valence-electron chi connectivity index (χ1n) is 7.42. The molecule has 1 fully saturated rings. The second-order valence-corrected chi connectivity index (χ2v) is 5.59. The van der Waals surface area contributed by atoms with Gasteiger partial charge in [0.2, 0.25) is 5.91 Å². The fourth-order valence-corrected chi connectivity index (χ4v) is 2.51. The van der Waals surface area contributed by atoms with Crippen molar-refractivity contribution < 1.29 is 9.53 Å². The second kappa shape index (κ2) is 8.90. The zero-order chi connectivity index (χ0) is 14.4. The van der Waals surface area contributed by atoms with Crippen molar-refractivity contribution in [3.8, 4) is 5.75 Å². The van der Waals surface area contributed by atoms with Crippen molar-refractivity contribution in [3.63, 3.8) is 0 Å². The molecule has 1 atom stereocenters. The van der Waals surface area contributed by atoms with Crippen LogP contribution < -0.4 is 15.8 Å². The van der Waals surface area contributed by atoms with Gasteiger partial charge in [0.1, 0.15) is 5.75 Å². The summed E-state index contributed by atoms with van der Waals surface area (Å²) in [5.74, 6) is 0.871. The van der Waals surface area contributed by atoms with Crippen LogP contribution in [0, 0.1) is 0 Å². The Bertz CT molecular complexity index is 446. The number of carbonyl (C=O) groups excluding carboxylic acids is 1. The topological polar surface area (TPSA) is 64.4 Å². The molecule has 0 spiro atoms. The van der Waals surface area contributed by atoms with Crippen LogP contribution in [0.4, 0.5) is 0 Å². The van der Waals surface area contributed by atoms with Gasteiger partial charge in [-0.25, -0.2) is 0 Å². The van der Waals surface area contributed by atoms with Crippen molar-refractivity contribution in [2.24, 2.45) is 5.73 Å². The molecule has 3 N–H and O–H groups in total. The number of nitrogens with one attached hydrogen (secondary N) is 1. The summed E-state index contributed by atoms with van der Waals surface area (Å²) in [6.45, 7) is 2.32. The highest BCUT2D eigenvalue weighted by atomic mass is 35.5. The Balaban J connectivity index is 0.00000220. The Labute approximate surface area is 132 Å². The molecule has 1 aliphatic carbocycles. The fraction of sp³-hybridized carbons (Fsp3) is 0.562. The van der Waals surface area contributed by atoms with Gasteiger partial charge >= 0.3 is 0 Å². The number of hydrogen-bond donors (Lipinski definition) is 2. The van der Waals surface area contributed by atoms with Crippen LogP contribution in [0.5, 0.6) is 5.75 Å². The molecular formula is C16H25ClN2O2. The van der Waals surface area contributed by atoms with Crippen LogP contribution in [0.2, 0.25) is 0 Å². The first-order valence-corrected chi connectivity index (χ1v) is 7.42. The van der Waals surface area contributed by atoms with E-state index in [1.54, 1.807) is 0 Å². The maximum Gasteiger partial charge on any atom is 0.221 e. The zero-order valence-electron chi connectivity index (χ0n) is 12.5. The maximum absolute atomic E-state index is 11.7. The molecule has 0 aliphatic heterocycles. The molecule has 2 rings (SSSR count). The Hall–Kier alpha value is -1.26. The number of hydrogen-bond acceptors (Lipinski definition) is 3. The highest BCUT2D eigenvalue weighted by Crippen LogP contribution is 2.26. The third-order valence-corrected chi connectivity index (χ3v) is 3.55. The third-order valence-electron chi connectivity index (χ3n) is 3.55. The van der Waals surface area contributed by atoms with Gasteiger partial charge in [-0.15, -0.1) is 12.4 Å². The molecule has 1 amide bonds. The van der Waals surface area contributed by atoms with Gasteiger partial charge in [-0.2, -0.15) is 0 Å². The van der Waals surface area contributed by atoms with E-state index in [1.807, 2.05) is 31.2 Å². The molecule has 1 aliphatic rings. The van der Waals surface area contributed by atoms with Crippen molar-refractivity contribution in [3.05, 3.63) is 29.8 Å². The van der Waals surface area contributed by atoms with Crippen LogP contribution in [0.1, 0.15) is 44.6 Å². The minimum atomic E-state index is -0.111. The largest absolute Gasteiger partial charge is 0.490 e. The minimum absolute atomic E-state index is 0. The standard InChI is InChI=1S/C16H24N2O2.ClH/c1-12(17)10-16(19)18-11-13-6-2-5-9-15(13)20-14-7-3-4-8-14;/h2,5-6,9,12,14H,3-4,7-8,10-11,17H2,1H3,(H,18,19);1H. The third kappa shape index (κ3) is 5.94. The number of rotatable bonds is 6. The van der Waals surface area contributed by atoms with Gasteiger partial charge in [0, 0.05) is 24.6 Å². The Morgan fingerprint density at radius 2 is 2.05 bits per heavy atom. The van der Waals surface area contributed by atoms with E-state index in [2.05, 4.69) is 5.32 Å². The molecule has 0 radical (unpaired) electrons. The average Bonchev–Trinajstić information content (AvgIpc) is 2.90. The van der Waals surface area contributed by atoms with Crippen LogP contribution >= 0.6 is 12.4 Å². The van der Waals surface area contributed by atoms with E-state index >= 15 is 0 Å². The maximum atomic E-state index is 11.7. The summed E-state index contributed by atoms with van der Waals surface area (Å²) in [6, 6.07) is 7.80. The number of amides is 1. The summed E-state index contributed by atoms with van der Waals surface area (Å²) in [6.07, 6.45) is 5.44. The van der Waals surface area contributed by atoms with E-state index < -0.39 is 0 Å². The number of nitrogens with two attached hydrogens (primary N) is 1. The molecule has 21 heavy (non-hydrogen) atoms. The molecule has 1 aromatic carbocycles. The zero-order valence-corrected chi connectivity index (χ0v) is 13.3. The fourth-order valence-electron chi connectivity index (χ4n) is 2.51. The number of halogens is 1. The van der Waals surface area contributed by atoms with E-state index in [9.17, 15) is 4.79 Å². The molecule has 1 unspecified atom stereocenters. The van der Waals surface area contributed by atoms with Crippen molar-refractivity contribution in [1.29, 1.82) is 0 Å². The first-order chi connectivity index (χ1) is 9.65. The van der Waals surface area contributed by atoms with Crippen molar-refractivity contribution in [1.82, 2.24) is 5.32 Å². The molecule has 118 valence electrons. The number of benzene rings is 1. The van der Waals surface area contributed by atoms with E-state index in [4.69, 9.17) is 10.5 Å². The quantitative estimate of drug-likeness (QED) is 0.849. The number of carbonyl (C=O) groups is 1. The summed E-state index contributed by atoms with van der Waals surface area (Å²) in [5, 5.41) is 2.90. The van der Waals surface area contributed by atoms with Crippen LogP contribution in [0.3, 0.4) is 0 Å². The van der Waals surface area contributed by atoms with Crippen molar-refractivity contribution in [2.75, 3.05) is 0 Å². The van der Waals surface area contributed by atoms with E-state index in [0.717, 1.165) is 24.2 Å². The molecule has 1 saturated carbocycles. The van der Waals surface area contributed by atoms with Gasteiger partial charge in [0.15, 0.2) is 0 Å². The molecule has 0 heterocycles. The minimum Gasteiger partial charge on any atom is -0.490 e. The normalized spacial score (nSPS) is 16.1. The first kappa shape index (κ1) is 17.8. The van der Waals surface area contributed by atoms with Gasteiger partial charge < -0.3 is 15.8 Å². The Morgan fingerprint density at radius 1 is 1.38 bits per heavy atom. The lowest BCUT2D eigenvalue weighted by atomic mass is 10.2. The molecule has 0 aromatic heterocycles. The lowest BCUT2D eigenvalue weighted by molar-refractivity contribution is -0.121. The molecule has 1 aromatic rings. The summed E-state index contributed by atoms with van der Waals surface area (Å²) < 4.78 is 6.04. The summed E-state index contributed by atoms with van der Waals surface area (Å²) >= 11 is 0. The Kier molecular flexibility index (Phi) is 7.54. The van der Waals surface area contributed by atoms with E-state index in [1.165, 1.54) is 12.8 Å². The predicted octanol–water partition coefficient (Wildman–Crippen LogP) is 2.78. The lowest BCUT2D eigenvalue weighted by Gasteiger charge is -2.17. The van der Waals surface area contributed by atoms with Gasteiger partial charge in [-0.1, -0.05) is 18.2 Å². The number of para-hydroxylation sites is 1. The highest BCUT2D eigenvalue weighted by Gasteiger charge is 2.17.